The Morgan fingerprint density at radius 2 is 2.07 bits per heavy atom. The van der Waals surface area contributed by atoms with Gasteiger partial charge in [-0.25, -0.2) is 8.78 Å². The van der Waals surface area contributed by atoms with Gasteiger partial charge in [-0.2, -0.15) is 0 Å². The molecule has 0 unspecified atom stereocenters. The average molecular weight is 214 g/mol. The molecule has 0 radical (unpaired) electrons. The van der Waals surface area contributed by atoms with Crippen LogP contribution in [0.15, 0.2) is 18.2 Å². The van der Waals surface area contributed by atoms with Crippen LogP contribution in [0.2, 0.25) is 0 Å². The predicted molar refractivity (Wildman–Crippen MR) is 51.1 cm³/mol. The third-order valence-corrected chi connectivity index (χ3v) is 2.73. The lowest BCUT2D eigenvalue weighted by molar-refractivity contribution is 0.122. The Labute approximate surface area is 86.5 Å². The summed E-state index contributed by atoms with van der Waals surface area (Å²) in [5.41, 5.74) is -0.933. The van der Waals surface area contributed by atoms with E-state index < -0.39 is 12.0 Å². The van der Waals surface area contributed by atoms with Crippen molar-refractivity contribution in [3.05, 3.63) is 29.3 Å². The van der Waals surface area contributed by atoms with Crippen molar-refractivity contribution >= 4 is 0 Å². The number of ether oxygens (including phenoxy) is 1. The van der Waals surface area contributed by atoms with Crippen molar-refractivity contribution in [1.82, 2.24) is 0 Å². The first-order chi connectivity index (χ1) is 7.08. The molecular weight excluding hydrogens is 202 g/mol. The quantitative estimate of drug-likeness (QED) is 0.838. The van der Waals surface area contributed by atoms with Gasteiger partial charge in [-0.05, 0) is 24.5 Å². The van der Waals surface area contributed by atoms with E-state index in [9.17, 15) is 13.9 Å². The predicted octanol–water partition coefficient (Wildman–Crippen LogP) is 2.61. The number of benzene rings is 1. The fourth-order valence-electron chi connectivity index (χ4n) is 1.74. The molecule has 0 atom stereocenters. The molecule has 1 saturated carbocycles. The van der Waals surface area contributed by atoms with Crippen molar-refractivity contribution in [3.8, 4) is 5.75 Å². The minimum absolute atomic E-state index is 0.142. The maximum atomic E-state index is 12.8. The maximum Gasteiger partial charge on any atom is 0.267 e. The van der Waals surface area contributed by atoms with Crippen molar-refractivity contribution < 1.29 is 18.6 Å². The highest BCUT2D eigenvalue weighted by Crippen LogP contribution is 2.50. The van der Waals surface area contributed by atoms with Crippen molar-refractivity contribution in [2.75, 3.05) is 7.11 Å². The average Bonchev–Trinajstić information content (AvgIpc) is 2.96. The molecule has 2 rings (SSSR count). The molecular formula is C11H12F2O2. The van der Waals surface area contributed by atoms with E-state index in [0.29, 0.717) is 18.4 Å². The molecule has 0 spiro atoms. The number of rotatable bonds is 3. The van der Waals surface area contributed by atoms with Crippen LogP contribution < -0.4 is 4.74 Å². The van der Waals surface area contributed by atoms with Gasteiger partial charge in [0.1, 0.15) is 5.75 Å². The molecule has 1 fully saturated rings. The van der Waals surface area contributed by atoms with Gasteiger partial charge in [0.05, 0.1) is 18.3 Å². The highest BCUT2D eigenvalue weighted by Gasteiger charge is 2.45. The molecule has 0 amide bonds. The van der Waals surface area contributed by atoms with Gasteiger partial charge in [0.15, 0.2) is 0 Å². The molecule has 2 nitrogen and oxygen atoms in total. The van der Waals surface area contributed by atoms with Gasteiger partial charge in [0.25, 0.3) is 6.43 Å². The monoisotopic (exact) mass is 214 g/mol. The Hall–Kier alpha value is -1.16. The molecule has 0 aliphatic heterocycles. The molecule has 15 heavy (non-hydrogen) atoms. The minimum Gasteiger partial charge on any atom is -0.496 e. The lowest BCUT2D eigenvalue weighted by Crippen LogP contribution is -2.10. The van der Waals surface area contributed by atoms with Crippen LogP contribution in [0.25, 0.3) is 0 Å². The van der Waals surface area contributed by atoms with Crippen LogP contribution >= 0.6 is 0 Å². The zero-order valence-electron chi connectivity index (χ0n) is 8.34. The first-order valence-electron chi connectivity index (χ1n) is 4.76. The van der Waals surface area contributed by atoms with E-state index in [1.807, 2.05) is 0 Å². The second kappa shape index (κ2) is 3.45. The highest BCUT2D eigenvalue weighted by atomic mass is 19.3. The summed E-state index contributed by atoms with van der Waals surface area (Å²) in [6.07, 6.45) is -1.54. The van der Waals surface area contributed by atoms with Gasteiger partial charge >= 0.3 is 0 Å². The summed E-state index contributed by atoms with van der Waals surface area (Å²) in [6, 6.07) is 4.64. The van der Waals surface area contributed by atoms with Gasteiger partial charge in [-0.1, -0.05) is 12.1 Å². The molecule has 4 heteroatoms. The Morgan fingerprint density at radius 1 is 1.40 bits per heavy atom. The van der Waals surface area contributed by atoms with Gasteiger partial charge in [0.2, 0.25) is 0 Å². The first-order valence-corrected chi connectivity index (χ1v) is 4.76. The number of halogens is 2. The van der Waals surface area contributed by atoms with Crippen LogP contribution in [0.3, 0.4) is 0 Å². The van der Waals surface area contributed by atoms with E-state index in [4.69, 9.17) is 4.74 Å². The van der Waals surface area contributed by atoms with Gasteiger partial charge in [0, 0.05) is 0 Å². The summed E-state index contributed by atoms with van der Waals surface area (Å²) in [6.45, 7) is 0. The Kier molecular flexibility index (Phi) is 2.38. The van der Waals surface area contributed by atoms with Crippen LogP contribution in [0, 0.1) is 0 Å². The van der Waals surface area contributed by atoms with Crippen LogP contribution in [0.5, 0.6) is 5.75 Å². The molecule has 82 valence electrons. The van der Waals surface area contributed by atoms with E-state index in [2.05, 4.69) is 0 Å². The lowest BCUT2D eigenvalue weighted by Gasteiger charge is -2.16. The van der Waals surface area contributed by atoms with Crippen LogP contribution in [-0.4, -0.2) is 12.2 Å². The summed E-state index contributed by atoms with van der Waals surface area (Å²) in [5, 5.41) is 9.86. The van der Waals surface area contributed by atoms with E-state index in [1.54, 1.807) is 6.07 Å². The number of aliphatic hydroxyl groups is 1. The van der Waals surface area contributed by atoms with Crippen molar-refractivity contribution in [2.45, 2.75) is 24.9 Å². The third kappa shape index (κ3) is 1.69. The Balaban J connectivity index is 2.53. The molecule has 1 aromatic carbocycles. The van der Waals surface area contributed by atoms with E-state index in [0.717, 1.165) is 0 Å². The normalized spacial score (nSPS) is 17.9. The number of hydrogen-bond acceptors (Lipinski definition) is 2. The zero-order valence-corrected chi connectivity index (χ0v) is 8.34. The molecule has 1 aliphatic carbocycles. The summed E-state index contributed by atoms with van der Waals surface area (Å²) < 4.78 is 30.6. The molecule has 0 heterocycles. The standard InChI is InChI=1S/C11H12F2O2/c1-15-8-4-2-3-7(9(8)10(12)13)11(14)5-6-11/h2-4,10,14H,5-6H2,1H3. The van der Waals surface area contributed by atoms with Gasteiger partial charge in [-0.3, -0.25) is 0 Å². The van der Waals surface area contributed by atoms with Crippen LogP contribution in [0.4, 0.5) is 8.78 Å². The van der Waals surface area contributed by atoms with Crippen LogP contribution in [-0.2, 0) is 5.60 Å². The summed E-state index contributed by atoms with van der Waals surface area (Å²) in [4.78, 5) is 0. The summed E-state index contributed by atoms with van der Waals surface area (Å²) in [7, 11) is 1.35. The van der Waals surface area contributed by atoms with E-state index in [1.165, 1.54) is 19.2 Å². The minimum atomic E-state index is -2.62. The summed E-state index contributed by atoms with van der Waals surface area (Å²) in [5.74, 6) is 0.142. The van der Waals surface area contributed by atoms with Crippen LogP contribution in [0.1, 0.15) is 30.4 Å². The smallest absolute Gasteiger partial charge is 0.267 e. The largest absolute Gasteiger partial charge is 0.496 e. The first kappa shape index (κ1) is 10.4. The van der Waals surface area contributed by atoms with Gasteiger partial charge < -0.3 is 9.84 Å². The number of alkyl halides is 2. The van der Waals surface area contributed by atoms with E-state index >= 15 is 0 Å². The molecule has 1 N–H and O–H groups in total. The topological polar surface area (TPSA) is 29.5 Å². The SMILES string of the molecule is COc1cccc(C2(O)CC2)c1C(F)F. The number of hydrogen-bond donors (Lipinski definition) is 1. The van der Waals surface area contributed by atoms with Crippen molar-refractivity contribution in [1.29, 1.82) is 0 Å². The van der Waals surface area contributed by atoms with E-state index in [-0.39, 0.29) is 11.3 Å². The second-order valence-corrected chi connectivity index (χ2v) is 3.75. The fourth-order valence-corrected chi connectivity index (χ4v) is 1.74. The Bertz CT molecular complexity index is 373. The van der Waals surface area contributed by atoms with Gasteiger partial charge in [-0.15, -0.1) is 0 Å². The molecule has 0 bridgehead atoms. The lowest BCUT2D eigenvalue weighted by atomic mass is 10.00. The molecule has 0 aromatic heterocycles. The molecule has 1 aliphatic rings. The summed E-state index contributed by atoms with van der Waals surface area (Å²) >= 11 is 0. The second-order valence-electron chi connectivity index (χ2n) is 3.75. The Morgan fingerprint density at radius 3 is 2.53 bits per heavy atom. The fraction of sp³-hybridized carbons (Fsp3) is 0.455. The zero-order chi connectivity index (χ0) is 11.1. The molecule has 1 aromatic rings. The van der Waals surface area contributed by atoms with Crippen molar-refractivity contribution in [2.24, 2.45) is 0 Å². The maximum absolute atomic E-state index is 12.8. The molecule has 0 saturated heterocycles. The van der Waals surface area contributed by atoms with Crippen molar-refractivity contribution in [3.63, 3.8) is 0 Å². The highest BCUT2D eigenvalue weighted by molar-refractivity contribution is 5.45. The third-order valence-electron chi connectivity index (χ3n) is 2.73. The number of methoxy groups -OCH3 is 1.